The Balaban J connectivity index is 1.92. The van der Waals surface area contributed by atoms with E-state index in [1.807, 2.05) is 0 Å². The maximum atomic E-state index is 13.6. The quantitative estimate of drug-likeness (QED) is 0.907. The first-order chi connectivity index (χ1) is 9.77. The molecule has 1 aliphatic rings. The van der Waals surface area contributed by atoms with Crippen LogP contribution in [0.4, 0.5) is 10.1 Å². The van der Waals surface area contributed by atoms with Crippen molar-refractivity contribution in [3.8, 4) is 0 Å². The smallest absolute Gasteiger partial charge is 0.238 e. The summed E-state index contributed by atoms with van der Waals surface area (Å²) >= 11 is 5.63. The van der Waals surface area contributed by atoms with Gasteiger partial charge in [-0.3, -0.25) is 9.69 Å². The summed E-state index contributed by atoms with van der Waals surface area (Å²) in [6, 6.07) is 3.81. The van der Waals surface area contributed by atoms with E-state index in [1.165, 1.54) is 12.1 Å². The van der Waals surface area contributed by atoms with Crippen LogP contribution in [0.25, 0.3) is 0 Å². The van der Waals surface area contributed by atoms with Gasteiger partial charge >= 0.3 is 0 Å². The molecule has 0 aliphatic carbocycles. The molecule has 5 nitrogen and oxygen atoms in total. The number of sulfone groups is 1. The van der Waals surface area contributed by atoms with E-state index in [9.17, 15) is 17.6 Å². The fraction of sp³-hybridized carbons (Fsp3) is 0.462. The molecular formula is C13H16ClFN2O3S. The first-order valence-corrected chi connectivity index (χ1v) is 8.62. The Morgan fingerprint density at radius 1 is 1.52 bits per heavy atom. The highest BCUT2D eigenvalue weighted by atomic mass is 35.5. The highest BCUT2D eigenvalue weighted by Gasteiger charge is 2.31. The number of nitrogens with zero attached hydrogens (tertiary/aromatic N) is 1. The van der Waals surface area contributed by atoms with Crippen molar-refractivity contribution in [3.63, 3.8) is 0 Å². The molecule has 0 bridgehead atoms. The number of hydrogen-bond acceptors (Lipinski definition) is 4. The highest BCUT2D eigenvalue weighted by Crippen LogP contribution is 2.19. The summed E-state index contributed by atoms with van der Waals surface area (Å²) in [5.41, 5.74) is 0.0526. The topological polar surface area (TPSA) is 66.5 Å². The maximum absolute atomic E-state index is 13.6. The molecule has 1 aromatic carbocycles. The summed E-state index contributed by atoms with van der Waals surface area (Å²) < 4.78 is 36.4. The van der Waals surface area contributed by atoms with Crippen LogP contribution in [0.3, 0.4) is 0 Å². The van der Waals surface area contributed by atoms with Crippen LogP contribution in [0.1, 0.15) is 6.42 Å². The Bertz CT molecular complexity index is 651. The van der Waals surface area contributed by atoms with Crippen LogP contribution in [0, 0.1) is 5.82 Å². The number of rotatable bonds is 4. The molecule has 21 heavy (non-hydrogen) atoms. The number of carbonyl (C=O) groups is 1. The van der Waals surface area contributed by atoms with E-state index in [4.69, 9.17) is 11.6 Å². The van der Waals surface area contributed by atoms with Crippen molar-refractivity contribution < 1.29 is 17.6 Å². The SMILES string of the molecule is CN(CC(=O)Nc1ccc(Cl)cc1F)[C@@H]1CCS(=O)(=O)C1. The lowest BCUT2D eigenvalue weighted by Gasteiger charge is -2.22. The van der Waals surface area contributed by atoms with Gasteiger partial charge in [0.1, 0.15) is 5.82 Å². The minimum absolute atomic E-state index is 0.00224. The van der Waals surface area contributed by atoms with Gasteiger partial charge in [0.15, 0.2) is 9.84 Å². The second kappa shape index (κ2) is 6.29. The lowest BCUT2D eigenvalue weighted by molar-refractivity contribution is -0.117. The molecule has 0 radical (unpaired) electrons. The molecule has 0 saturated carbocycles. The van der Waals surface area contributed by atoms with Crippen molar-refractivity contribution in [3.05, 3.63) is 29.0 Å². The molecule has 1 aliphatic heterocycles. The Hall–Kier alpha value is -1.18. The number of anilines is 1. The molecule has 1 amide bonds. The second-order valence-electron chi connectivity index (χ2n) is 5.14. The molecule has 1 N–H and O–H groups in total. The molecule has 0 spiro atoms. The summed E-state index contributed by atoms with van der Waals surface area (Å²) in [6.07, 6.45) is 0.515. The van der Waals surface area contributed by atoms with E-state index in [0.717, 1.165) is 6.07 Å². The van der Waals surface area contributed by atoms with E-state index >= 15 is 0 Å². The molecule has 1 saturated heterocycles. The van der Waals surface area contributed by atoms with Crippen molar-refractivity contribution in [2.75, 3.05) is 30.4 Å². The zero-order valence-electron chi connectivity index (χ0n) is 11.5. The molecule has 116 valence electrons. The van der Waals surface area contributed by atoms with Crippen molar-refractivity contribution in [1.82, 2.24) is 4.90 Å². The lowest BCUT2D eigenvalue weighted by atomic mass is 10.2. The predicted octanol–water partition coefficient (Wildman–Crippen LogP) is 1.54. The van der Waals surface area contributed by atoms with Gasteiger partial charge in [0, 0.05) is 11.1 Å². The fourth-order valence-corrected chi connectivity index (χ4v) is 4.22. The van der Waals surface area contributed by atoms with Gasteiger partial charge in [-0.25, -0.2) is 12.8 Å². The van der Waals surface area contributed by atoms with E-state index in [1.54, 1.807) is 11.9 Å². The minimum Gasteiger partial charge on any atom is -0.322 e. The van der Waals surface area contributed by atoms with Crippen molar-refractivity contribution >= 4 is 33.0 Å². The van der Waals surface area contributed by atoms with Crippen LogP contribution < -0.4 is 5.32 Å². The summed E-state index contributed by atoms with van der Waals surface area (Å²) in [4.78, 5) is 13.6. The molecule has 1 aromatic rings. The van der Waals surface area contributed by atoms with Crippen LogP contribution in [0.2, 0.25) is 5.02 Å². The van der Waals surface area contributed by atoms with Gasteiger partial charge in [-0.1, -0.05) is 11.6 Å². The van der Waals surface area contributed by atoms with Gasteiger partial charge in [-0.05, 0) is 31.7 Å². The maximum Gasteiger partial charge on any atom is 0.238 e. The number of likely N-dealkylation sites (N-methyl/N-ethyl adjacent to an activating group) is 1. The molecule has 0 unspecified atom stereocenters. The monoisotopic (exact) mass is 334 g/mol. The third-order valence-corrected chi connectivity index (χ3v) is 5.42. The Morgan fingerprint density at radius 3 is 2.81 bits per heavy atom. The molecule has 1 heterocycles. The molecule has 1 atom stereocenters. The van der Waals surface area contributed by atoms with Crippen LogP contribution in [0.5, 0.6) is 0 Å². The van der Waals surface area contributed by atoms with Crippen LogP contribution >= 0.6 is 11.6 Å². The Kier molecular flexibility index (Phi) is 4.85. The first-order valence-electron chi connectivity index (χ1n) is 6.42. The lowest BCUT2D eigenvalue weighted by Crippen LogP contribution is -2.38. The average Bonchev–Trinajstić information content (AvgIpc) is 2.73. The van der Waals surface area contributed by atoms with E-state index in [2.05, 4.69) is 5.32 Å². The largest absolute Gasteiger partial charge is 0.322 e. The average molecular weight is 335 g/mol. The minimum atomic E-state index is -2.99. The van der Waals surface area contributed by atoms with E-state index in [0.29, 0.717) is 6.42 Å². The predicted molar refractivity (Wildman–Crippen MR) is 79.7 cm³/mol. The molecule has 8 heteroatoms. The third kappa shape index (κ3) is 4.39. The van der Waals surface area contributed by atoms with Gasteiger partial charge in [0.05, 0.1) is 23.7 Å². The van der Waals surface area contributed by atoms with E-state index in [-0.39, 0.29) is 34.8 Å². The molecule has 2 rings (SSSR count). The third-order valence-electron chi connectivity index (χ3n) is 3.43. The zero-order chi connectivity index (χ0) is 15.6. The summed E-state index contributed by atoms with van der Waals surface area (Å²) in [7, 11) is -1.31. The molecule has 0 aromatic heterocycles. The van der Waals surface area contributed by atoms with Crippen LogP contribution in [-0.4, -0.2) is 50.4 Å². The molecular weight excluding hydrogens is 319 g/mol. The van der Waals surface area contributed by atoms with Crippen LogP contribution in [0.15, 0.2) is 18.2 Å². The first kappa shape index (κ1) is 16.2. The fourth-order valence-electron chi connectivity index (χ4n) is 2.26. The number of nitrogens with one attached hydrogen (secondary N) is 1. The summed E-state index contributed by atoms with van der Waals surface area (Å²) in [5, 5.41) is 2.70. The van der Waals surface area contributed by atoms with Crippen molar-refractivity contribution in [2.24, 2.45) is 0 Å². The van der Waals surface area contributed by atoms with Crippen molar-refractivity contribution in [1.29, 1.82) is 0 Å². The molecule has 1 fully saturated rings. The number of benzene rings is 1. The highest BCUT2D eigenvalue weighted by molar-refractivity contribution is 7.91. The van der Waals surface area contributed by atoms with Gasteiger partial charge < -0.3 is 5.32 Å². The number of amides is 1. The van der Waals surface area contributed by atoms with Gasteiger partial charge in [-0.15, -0.1) is 0 Å². The normalized spacial score (nSPS) is 20.7. The van der Waals surface area contributed by atoms with Gasteiger partial charge in [0.2, 0.25) is 5.91 Å². The zero-order valence-corrected chi connectivity index (χ0v) is 13.0. The summed E-state index contributed by atoms with van der Waals surface area (Å²) in [6.45, 7) is 0.00224. The van der Waals surface area contributed by atoms with E-state index < -0.39 is 21.6 Å². The summed E-state index contributed by atoms with van der Waals surface area (Å²) in [5.74, 6) is -0.799. The second-order valence-corrected chi connectivity index (χ2v) is 7.81. The van der Waals surface area contributed by atoms with Crippen LogP contribution in [-0.2, 0) is 14.6 Å². The Morgan fingerprint density at radius 2 is 2.24 bits per heavy atom. The number of hydrogen-bond donors (Lipinski definition) is 1. The van der Waals surface area contributed by atoms with Gasteiger partial charge in [0.25, 0.3) is 0 Å². The van der Waals surface area contributed by atoms with Crippen molar-refractivity contribution in [2.45, 2.75) is 12.5 Å². The standard InChI is InChI=1S/C13H16ClFN2O3S/c1-17(10-4-5-21(19,20)8-10)7-13(18)16-12-3-2-9(14)6-11(12)15/h2-3,6,10H,4-5,7-8H2,1H3,(H,16,18)/t10-/m1/s1. The Labute approximate surface area is 128 Å². The number of halogens is 2. The number of carbonyl (C=O) groups excluding carboxylic acids is 1. The van der Waals surface area contributed by atoms with Gasteiger partial charge in [-0.2, -0.15) is 0 Å².